The fourth-order valence-electron chi connectivity index (χ4n) is 1.80. The predicted molar refractivity (Wildman–Crippen MR) is 80.2 cm³/mol. The van der Waals surface area contributed by atoms with Crippen LogP contribution in [0.5, 0.6) is 0 Å². The van der Waals surface area contributed by atoms with Crippen molar-refractivity contribution >= 4 is 16.5 Å². The lowest BCUT2D eigenvalue weighted by molar-refractivity contribution is 0.281. The van der Waals surface area contributed by atoms with Gasteiger partial charge in [-0.1, -0.05) is 32.0 Å². The highest BCUT2D eigenvalue weighted by Gasteiger charge is 2.03. The average molecular weight is 256 g/mol. The monoisotopic (exact) mass is 256 g/mol. The van der Waals surface area contributed by atoms with Crippen LogP contribution in [0, 0.1) is 11.3 Å². The van der Waals surface area contributed by atoms with Crippen molar-refractivity contribution in [2.75, 3.05) is 11.9 Å². The molecule has 0 spiro atoms. The van der Waals surface area contributed by atoms with Gasteiger partial charge in [0.05, 0.1) is 18.2 Å². The van der Waals surface area contributed by atoms with Crippen molar-refractivity contribution in [1.82, 2.24) is 0 Å². The molecule has 0 fully saturated rings. The lowest BCUT2D eigenvalue weighted by atomic mass is 10.0. The Bertz CT molecular complexity index is 572. The van der Waals surface area contributed by atoms with Gasteiger partial charge in [-0.3, -0.25) is 0 Å². The second kappa shape index (κ2) is 7.40. The number of benzene rings is 2. The van der Waals surface area contributed by atoms with E-state index in [2.05, 4.69) is 11.4 Å². The highest BCUT2D eigenvalue weighted by molar-refractivity contribution is 5.90. The number of hydrogen-bond acceptors (Lipinski definition) is 3. The van der Waals surface area contributed by atoms with Gasteiger partial charge in [0, 0.05) is 11.7 Å². The minimum atomic E-state index is 0.0200. The van der Waals surface area contributed by atoms with Gasteiger partial charge in [0.15, 0.2) is 0 Å². The van der Waals surface area contributed by atoms with Crippen molar-refractivity contribution in [1.29, 1.82) is 5.26 Å². The van der Waals surface area contributed by atoms with Gasteiger partial charge in [-0.15, -0.1) is 0 Å². The molecule has 2 N–H and O–H groups in total. The molecule has 0 aliphatic rings. The number of hydrogen-bond donors (Lipinski definition) is 2. The summed E-state index contributed by atoms with van der Waals surface area (Å²) in [5, 5.41) is 23.1. The van der Waals surface area contributed by atoms with Crippen molar-refractivity contribution in [2.45, 2.75) is 26.8 Å². The van der Waals surface area contributed by atoms with Gasteiger partial charge in [0.1, 0.15) is 0 Å². The fraction of sp³-hybridized carbons (Fsp3) is 0.312. The molecule has 0 aliphatic heterocycles. The molecule has 0 saturated heterocycles. The second-order valence-corrected chi connectivity index (χ2v) is 4.08. The van der Waals surface area contributed by atoms with Crippen LogP contribution < -0.4 is 5.32 Å². The maximum atomic E-state index is 8.99. The first kappa shape index (κ1) is 15.0. The largest absolute Gasteiger partial charge is 0.394 e. The smallest absolute Gasteiger partial charge is 0.0998 e. The molecule has 0 saturated carbocycles. The summed E-state index contributed by atoms with van der Waals surface area (Å²) in [4.78, 5) is 0. The molecule has 0 aromatic heterocycles. The molecule has 1 atom stereocenters. The van der Waals surface area contributed by atoms with E-state index in [0.717, 1.165) is 16.5 Å². The summed E-state index contributed by atoms with van der Waals surface area (Å²) in [7, 11) is 0. The zero-order valence-electron chi connectivity index (χ0n) is 11.6. The first-order valence-electron chi connectivity index (χ1n) is 6.55. The Morgan fingerprint density at radius 3 is 2.63 bits per heavy atom. The average Bonchev–Trinajstić information content (AvgIpc) is 2.48. The van der Waals surface area contributed by atoms with E-state index in [9.17, 15) is 0 Å². The third kappa shape index (κ3) is 3.70. The summed E-state index contributed by atoms with van der Waals surface area (Å²) in [6.07, 6.45) is 0. The van der Waals surface area contributed by atoms with Gasteiger partial charge in [0.2, 0.25) is 0 Å². The molecule has 0 bridgehead atoms. The summed E-state index contributed by atoms with van der Waals surface area (Å²) >= 11 is 0. The van der Waals surface area contributed by atoms with E-state index in [1.165, 1.54) is 0 Å². The van der Waals surface area contributed by atoms with E-state index in [0.29, 0.717) is 5.56 Å². The molecule has 3 heteroatoms. The Balaban J connectivity index is 0.000000861. The SMILES string of the molecule is CC.CC(CO)Nc1ccc2c(C#N)cccc2c1. The normalized spacial score (nSPS) is 11.1. The van der Waals surface area contributed by atoms with Crippen LogP contribution in [0.2, 0.25) is 0 Å². The molecule has 2 rings (SSSR count). The number of fused-ring (bicyclic) bond motifs is 1. The van der Waals surface area contributed by atoms with Crippen LogP contribution in [0.4, 0.5) is 5.69 Å². The second-order valence-electron chi connectivity index (χ2n) is 4.08. The molecule has 2 aromatic rings. The quantitative estimate of drug-likeness (QED) is 0.883. The maximum absolute atomic E-state index is 8.99. The van der Waals surface area contributed by atoms with Crippen molar-refractivity contribution in [3.8, 4) is 6.07 Å². The first-order valence-corrected chi connectivity index (χ1v) is 6.55. The number of anilines is 1. The lowest BCUT2D eigenvalue weighted by Gasteiger charge is -2.13. The number of nitriles is 1. The number of aliphatic hydroxyl groups is 1. The van der Waals surface area contributed by atoms with E-state index >= 15 is 0 Å². The molecule has 2 aromatic carbocycles. The summed E-state index contributed by atoms with van der Waals surface area (Å²) in [6.45, 7) is 6.01. The summed E-state index contributed by atoms with van der Waals surface area (Å²) in [5.41, 5.74) is 1.64. The zero-order chi connectivity index (χ0) is 14.3. The Labute approximate surface area is 114 Å². The van der Waals surface area contributed by atoms with E-state index in [1.807, 2.05) is 57.2 Å². The van der Waals surface area contributed by atoms with Crippen molar-refractivity contribution < 1.29 is 5.11 Å². The Hall–Kier alpha value is -2.05. The van der Waals surface area contributed by atoms with Crippen LogP contribution in [0.3, 0.4) is 0 Å². The van der Waals surface area contributed by atoms with Crippen LogP contribution in [-0.2, 0) is 0 Å². The summed E-state index contributed by atoms with van der Waals surface area (Å²) in [6, 6.07) is 13.7. The summed E-state index contributed by atoms with van der Waals surface area (Å²) < 4.78 is 0. The Morgan fingerprint density at radius 1 is 1.26 bits per heavy atom. The van der Waals surface area contributed by atoms with Gasteiger partial charge in [-0.25, -0.2) is 0 Å². The minimum absolute atomic E-state index is 0.0200. The fourth-order valence-corrected chi connectivity index (χ4v) is 1.80. The zero-order valence-corrected chi connectivity index (χ0v) is 11.6. The predicted octanol–water partition coefficient (Wildman–Crippen LogP) is 3.53. The van der Waals surface area contributed by atoms with Crippen LogP contribution >= 0.6 is 0 Å². The van der Waals surface area contributed by atoms with E-state index in [1.54, 1.807) is 0 Å². The molecule has 0 radical (unpaired) electrons. The standard InChI is InChI=1S/C14H14N2O.C2H6/c1-10(9-17)16-13-5-6-14-11(7-13)3-2-4-12(14)8-15;1-2/h2-7,10,16-17H,9H2,1H3;1-2H3. The molecule has 3 nitrogen and oxygen atoms in total. The Kier molecular flexibility index (Phi) is 5.84. The molecule has 0 amide bonds. The number of nitrogens with zero attached hydrogens (tertiary/aromatic N) is 1. The number of rotatable bonds is 3. The lowest BCUT2D eigenvalue weighted by Crippen LogP contribution is -2.19. The molecule has 1 unspecified atom stereocenters. The van der Waals surface area contributed by atoms with Gasteiger partial charge >= 0.3 is 0 Å². The van der Waals surface area contributed by atoms with E-state index in [-0.39, 0.29) is 12.6 Å². The van der Waals surface area contributed by atoms with E-state index in [4.69, 9.17) is 10.4 Å². The Morgan fingerprint density at radius 2 is 2.00 bits per heavy atom. The van der Waals surface area contributed by atoms with Crippen molar-refractivity contribution in [3.63, 3.8) is 0 Å². The highest BCUT2D eigenvalue weighted by atomic mass is 16.3. The van der Waals surface area contributed by atoms with Gasteiger partial charge < -0.3 is 10.4 Å². The first-order chi connectivity index (χ1) is 9.24. The van der Waals surface area contributed by atoms with Crippen molar-refractivity contribution in [3.05, 3.63) is 42.0 Å². The van der Waals surface area contributed by atoms with E-state index < -0.39 is 0 Å². The molecule has 0 heterocycles. The van der Waals surface area contributed by atoms with Crippen molar-refractivity contribution in [2.24, 2.45) is 0 Å². The highest BCUT2D eigenvalue weighted by Crippen LogP contribution is 2.22. The molecule has 0 aliphatic carbocycles. The van der Waals surface area contributed by atoms with Crippen LogP contribution in [0.1, 0.15) is 26.3 Å². The van der Waals surface area contributed by atoms with Gasteiger partial charge in [-0.05, 0) is 35.9 Å². The van der Waals surface area contributed by atoms with Crippen LogP contribution in [-0.4, -0.2) is 17.8 Å². The summed E-state index contributed by atoms with van der Waals surface area (Å²) in [5.74, 6) is 0. The molecular weight excluding hydrogens is 236 g/mol. The number of nitrogens with one attached hydrogen (secondary N) is 1. The minimum Gasteiger partial charge on any atom is -0.394 e. The topological polar surface area (TPSA) is 56.0 Å². The van der Waals surface area contributed by atoms with Gasteiger partial charge in [0.25, 0.3) is 0 Å². The van der Waals surface area contributed by atoms with Crippen LogP contribution in [0.15, 0.2) is 36.4 Å². The third-order valence-electron chi connectivity index (χ3n) is 2.69. The molecular formula is C16H20N2O. The maximum Gasteiger partial charge on any atom is 0.0998 e. The molecule has 100 valence electrons. The van der Waals surface area contributed by atoms with Gasteiger partial charge in [-0.2, -0.15) is 5.26 Å². The molecule has 19 heavy (non-hydrogen) atoms. The number of aliphatic hydroxyl groups excluding tert-OH is 1. The van der Waals surface area contributed by atoms with Crippen LogP contribution in [0.25, 0.3) is 10.8 Å². The third-order valence-corrected chi connectivity index (χ3v) is 2.69.